The molecule has 1 aliphatic carbocycles. The van der Waals surface area contributed by atoms with E-state index in [1.807, 2.05) is 6.07 Å². The van der Waals surface area contributed by atoms with Gasteiger partial charge in [0.05, 0.1) is 0 Å². The first-order chi connectivity index (χ1) is 7.81. The molecule has 16 heavy (non-hydrogen) atoms. The van der Waals surface area contributed by atoms with Gasteiger partial charge in [-0.15, -0.1) is 0 Å². The fraction of sp³-hybridized carbons (Fsp3) is 0.357. The minimum atomic E-state index is 0.297. The molecule has 0 aliphatic heterocycles. The second kappa shape index (κ2) is 5.35. The number of aryl methyl sites for hydroxylation is 1. The molecule has 1 aromatic carbocycles. The number of carbonyl (C=O) groups excluding carboxylic acids is 1. The van der Waals surface area contributed by atoms with Crippen LogP contribution in [0.4, 0.5) is 0 Å². The summed E-state index contributed by atoms with van der Waals surface area (Å²) in [6.45, 7) is 0. The van der Waals surface area contributed by atoms with Crippen molar-refractivity contribution in [2.75, 3.05) is 5.75 Å². The molecular weight excluding hydrogens is 216 g/mol. The predicted octanol–water partition coefficient (Wildman–Crippen LogP) is 3.54. The molecule has 0 radical (unpaired) electrons. The lowest BCUT2D eigenvalue weighted by atomic mass is 9.89. The van der Waals surface area contributed by atoms with Gasteiger partial charge in [0.2, 0.25) is 0 Å². The van der Waals surface area contributed by atoms with Crippen LogP contribution in [0.15, 0.2) is 24.3 Å². The highest BCUT2D eigenvalue weighted by Gasteiger charge is 2.16. The highest BCUT2D eigenvalue weighted by molar-refractivity contribution is 7.80. The average Bonchev–Trinajstić information content (AvgIpc) is 2.30. The maximum absolute atomic E-state index is 11.7. The Morgan fingerprint density at radius 3 is 3.00 bits per heavy atom. The van der Waals surface area contributed by atoms with Crippen LogP contribution in [0.2, 0.25) is 0 Å². The highest BCUT2D eigenvalue weighted by Crippen LogP contribution is 2.22. The largest absolute Gasteiger partial charge is 0.294 e. The number of rotatable bonds is 3. The molecule has 0 unspecified atom stereocenters. The summed E-state index contributed by atoms with van der Waals surface area (Å²) in [4.78, 5) is 11.7. The van der Waals surface area contributed by atoms with Crippen molar-refractivity contribution in [1.29, 1.82) is 0 Å². The first kappa shape index (κ1) is 11.5. The molecule has 0 saturated carbocycles. The summed E-state index contributed by atoms with van der Waals surface area (Å²) < 4.78 is 0. The fourth-order valence-corrected chi connectivity index (χ4v) is 2.19. The summed E-state index contributed by atoms with van der Waals surface area (Å²) in [7, 11) is 0. The number of Topliss-reactive ketones (excluding diaryl/α,β-unsaturated/α-hetero) is 1. The molecule has 0 saturated heterocycles. The third-order valence-electron chi connectivity index (χ3n) is 2.89. The zero-order valence-corrected chi connectivity index (χ0v) is 10.2. The SMILES string of the molecule is O=C1CCCc2ccc(C=CCCS)cc21. The standard InChI is InChI=1S/C14H16OS/c15-14-6-3-5-12-8-7-11(10-13(12)14)4-1-2-9-16/h1,4,7-8,10,16H,2-3,5-6,9H2. The number of hydrogen-bond donors (Lipinski definition) is 1. The number of thiol groups is 1. The van der Waals surface area contributed by atoms with Gasteiger partial charge >= 0.3 is 0 Å². The molecular formula is C14H16OS. The first-order valence-electron chi connectivity index (χ1n) is 5.75. The Kier molecular flexibility index (Phi) is 3.83. The maximum Gasteiger partial charge on any atom is 0.163 e. The van der Waals surface area contributed by atoms with Crippen LogP contribution in [-0.4, -0.2) is 11.5 Å². The normalized spacial score (nSPS) is 15.4. The average molecular weight is 232 g/mol. The Morgan fingerprint density at radius 2 is 2.19 bits per heavy atom. The van der Waals surface area contributed by atoms with Crippen LogP contribution >= 0.6 is 12.6 Å². The minimum absolute atomic E-state index is 0.297. The lowest BCUT2D eigenvalue weighted by Gasteiger charge is -2.14. The Bertz CT molecular complexity index is 421. The zero-order valence-electron chi connectivity index (χ0n) is 9.28. The van der Waals surface area contributed by atoms with E-state index in [1.54, 1.807) is 0 Å². The molecule has 84 valence electrons. The van der Waals surface area contributed by atoms with E-state index in [2.05, 4.69) is 36.9 Å². The Morgan fingerprint density at radius 1 is 1.31 bits per heavy atom. The Balaban J connectivity index is 2.23. The fourth-order valence-electron chi connectivity index (χ4n) is 2.04. The first-order valence-corrected chi connectivity index (χ1v) is 6.38. The van der Waals surface area contributed by atoms with Crippen LogP contribution in [0.1, 0.15) is 40.7 Å². The molecule has 0 aromatic heterocycles. The summed E-state index contributed by atoms with van der Waals surface area (Å²) in [5, 5.41) is 0. The second-order valence-electron chi connectivity index (χ2n) is 4.11. The van der Waals surface area contributed by atoms with E-state index in [0.717, 1.165) is 36.1 Å². The highest BCUT2D eigenvalue weighted by atomic mass is 32.1. The van der Waals surface area contributed by atoms with Crippen LogP contribution in [0.5, 0.6) is 0 Å². The quantitative estimate of drug-likeness (QED) is 0.789. The smallest absolute Gasteiger partial charge is 0.163 e. The Hall–Kier alpha value is -1.02. The molecule has 0 spiro atoms. The van der Waals surface area contributed by atoms with E-state index >= 15 is 0 Å². The van der Waals surface area contributed by atoms with Crippen molar-refractivity contribution in [2.45, 2.75) is 25.7 Å². The summed E-state index contributed by atoms with van der Waals surface area (Å²) in [6.07, 6.45) is 7.88. The molecule has 0 amide bonds. The summed E-state index contributed by atoms with van der Waals surface area (Å²) in [6, 6.07) is 6.20. The van der Waals surface area contributed by atoms with E-state index < -0.39 is 0 Å². The molecule has 2 heteroatoms. The van der Waals surface area contributed by atoms with Gasteiger partial charge in [0, 0.05) is 12.0 Å². The molecule has 0 fully saturated rings. The monoisotopic (exact) mass is 232 g/mol. The number of ketones is 1. The Labute approximate surface area is 102 Å². The van der Waals surface area contributed by atoms with Gasteiger partial charge in [-0.05, 0) is 42.2 Å². The third kappa shape index (κ3) is 2.56. The zero-order chi connectivity index (χ0) is 11.4. The van der Waals surface area contributed by atoms with Gasteiger partial charge in [0.15, 0.2) is 5.78 Å². The van der Waals surface area contributed by atoms with Crippen LogP contribution in [0.25, 0.3) is 6.08 Å². The van der Waals surface area contributed by atoms with Crippen molar-refractivity contribution >= 4 is 24.5 Å². The van der Waals surface area contributed by atoms with Crippen molar-refractivity contribution in [1.82, 2.24) is 0 Å². The van der Waals surface area contributed by atoms with Gasteiger partial charge < -0.3 is 0 Å². The van der Waals surface area contributed by atoms with Crippen molar-refractivity contribution in [2.24, 2.45) is 0 Å². The molecule has 0 N–H and O–H groups in total. The number of allylic oxidation sites excluding steroid dienone is 1. The summed E-state index contributed by atoms with van der Waals surface area (Å²) in [5.41, 5.74) is 3.26. The lowest BCUT2D eigenvalue weighted by Crippen LogP contribution is -2.10. The van der Waals surface area contributed by atoms with Gasteiger partial charge in [-0.25, -0.2) is 0 Å². The molecule has 2 rings (SSSR count). The van der Waals surface area contributed by atoms with Crippen molar-refractivity contribution in [3.8, 4) is 0 Å². The molecule has 0 heterocycles. The van der Waals surface area contributed by atoms with Crippen molar-refractivity contribution < 1.29 is 4.79 Å². The van der Waals surface area contributed by atoms with Crippen molar-refractivity contribution in [3.05, 3.63) is 41.0 Å². The summed E-state index contributed by atoms with van der Waals surface area (Å²) in [5.74, 6) is 1.16. The lowest BCUT2D eigenvalue weighted by molar-refractivity contribution is 0.0972. The number of fused-ring (bicyclic) bond motifs is 1. The number of carbonyl (C=O) groups is 1. The van der Waals surface area contributed by atoms with E-state index in [9.17, 15) is 4.79 Å². The van der Waals surface area contributed by atoms with E-state index in [4.69, 9.17) is 0 Å². The van der Waals surface area contributed by atoms with E-state index in [-0.39, 0.29) is 0 Å². The maximum atomic E-state index is 11.7. The molecule has 0 atom stereocenters. The molecule has 1 nitrogen and oxygen atoms in total. The molecule has 1 aromatic rings. The second-order valence-corrected chi connectivity index (χ2v) is 4.56. The van der Waals surface area contributed by atoms with Gasteiger partial charge in [-0.1, -0.05) is 24.3 Å². The van der Waals surface area contributed by atoms with Gasteiger partial charge in [0.1, 0.15) is 0 Å². The van der Waals surface area contributed by atoms with Gasteiger partial charge in [-0.3, -0.25) is 4.79 Å². The summed E-state index contributed by atoms with van der Waals surface area (Å²) >= 11 is 4.16. The number of hydrogen-bond acceptors (Lipinski definition) is 2. The topological polar surface area (TPSA) is 17.1 Å². The van der Waals surface area contributed by atoms with E-state index in [0.29, 0.717) is 12.2 Å². The third-order valence-corrected chi connectivity index (χ3v) is 3.15. The predicted molar refractivity (Wildman–Crippen MR) is 71.2 cm³/mol. The van der Waals surface area contributed by atoms with Crippen LogP contribution in [0, 0.1) is 0 Å². The molecule has 1 aliphatic rings. The van der Waals surface area contributed by atoms with Crippen LogP contribution < -0.4 is 0 Å². The van der Waals surface area contributed by atoms with E-state index in [1.165, 1.54) is 5.56 Å². The van der Waals surface area contributed by atoms with Gasteiger partial charge in [-0.2, -0.15) is 12.6 Å². The van der Waals surface area contributed by atoms with Crippen molar-refractivity contribution in [3.63, 3.8) is 0 Å². The minimum Gasteiger partial charge on any atom is -0.294 e. The molecule has 0 bridgehead atoms. The van der Waals surface area contributed by atoms with Crippen LogP contribution in [-0.2, 0) is 6.42 Å². The number of benzene rings is 1. The van der Waals surface area contributed by atoms with Gasteiger partial charge in [0.25, 0.3) is 0 Å². The van der Waals surface area contributed by atoms with Crippen LogP contribution in [0.3, 0.4) is 0 Å².